The molecule has 0 amide bonds. The molecule has 76 valence electrons. The summed E-state index contributed by atoms with van der Waals surface area (Å²) in [6.45, 7) is 0. The van der Waals surface area contributed by atoms with Crippen molar-refractivity contribution in [2.75, 3.05) is 0 Å². The second kappa shape index (κ2) is 3.65. The molecule has 0 aliphatic heterocycles. The number of benzene rings is 3. The molecule has 0 saturated heterocycles. The lowest BCUT2D eigenvalue weighted by atomic mass is 10.0. The predicted octanol–water partition coefficient (Wildman–Crippen LogP) is 4.90. The predicted molar refractivity (Wildman–Crippen MR) is 69.1 cm³/mol. The molecule has 0 nitrogen and oxygen atoms in total. The molecule has 0 atom stereocenters. The van der Waals surface area contributed by atoms with Crippen LogP contribution in [0.15, 0.2) is 36.4 Å². The van der Waals surface area contributed by atoms with Gasteiger partial charge in [0.1, 0.15) is 0 Å². The Labute approximate surface area is 103 Å². The van der Waals surface area contributed by atoms with Gasteiger partial charge in [0.25, 0.3) is 0 Å². The van der Waals surface area contributed by atoms with E-state index in [0.717, 1.165) is 21.5 Å². The fourth-order valence-corrected chi connectivity index (χ4v) is 2.35. The Morgan fingerprint density at radius 3 is 2.69 bits per heavy atom. The second-order valence-electron chi connectivity index (χ2n) is 3.60. The van der Waals surface area contributed by atoms with Crippen molar-refractivity contribution < 1.29 is 0 Å². The van der Waals surface area contributed by atoms with E-state index in [9.17, 15) is 0 Å². The molecule has 0 spiro atoms. The largest absolute Gasteiger partial charge is 0.0836 e. The minimum absolute atomic E-state index is 0.616. The van der Waals surface area contributed by atoms with E-state index in [1.807, 2.05) is 30.3 Å². The molecule has 0 aliphatic rings. The Balaban J connectivity index is 2.58. The Hall–Kier alpha value is -1.24. The van der Waals surface area contributed by atoms with Crippen molar-refractivity contribution in [3.05, 3.63) is 58.6 Å². The van der Waals surface area contributed by atoms with Gasteiger partial charge in [-0.3, -0.25) is 0 Å². The van der Waals surface area contributed by atoms with Crippen molar-refractivity contribution in [2.45, 2.75) is 0 Å². The summed E-state index contributed by atoms with van der Waals surface area (Å²) in [5, 5.41) is 5.49. The van der Waals surface area contributed by atoms with E-state index in [4.69, 9.17) is 23.2 Å². The Bertz CT molecular complexity index is 687. The first kappa shape index (κ1) is 9.95. The molecule has 0 heterocycles. The lowest BCUT2D eigenvalue weighted by Crippen LogP contribution is -1.79. The van der Waals surface area contributed by atoms with Crippen LogP contribution in [0.5, 0.6) is 0 Å². The third-order valence-corrected chi connectivity index (χ3v) is 3.13. The highest BCUT2D eigenvalue weighted by Gasteiger charge is 2.04. The summed E-state index contributed by atoms with van der Waals surface area (Å²) in [6, 6.07) is 17.6. The third kappa shape index (κ3) is 1.46. The second-order valence-corrected chi connectivity index (χ2v) is 4.41. The quantitative estimate of drug-likeness (QED) is 0.494. The van der Waals surface area contributed by atoms with Crippen LogP contribution in [0.1, 0.15) is 0 Å². The van der Waals surface area contributed by atoms with Crippen LogP contribution in [-0.2, 0) is 0 Å². The van der Waals surface area contributed by atoms with E-state index < -0.39 is 0 Å². The zero-order valence-corrected chi connectivity index (χ0v) is 9.73. The molecule has 3 aromatic rings. The van der Waals surface area contributed by atoms with E-state index in [1.54, 1.807) is 6.07 Å². The SMILES string of the molecule is Clc1[c]c2ccc3c[c]cc(Cl)c3c2cc1. The molecule has 0 fully saturated rings. The monoisotopic (exact) mass is 244 g/mol. The van der Waals surface area contributed by atoms with Crippen LogP contribution in [0.2, 0.25) is 10.0 Å². The first-order valence-corrected chi connectivity index (χ1v) is 5.61. The molecule has 0 aliphatic carbocycles. The number of hydrogen-bond acceptors (Lipinski definition) is 0. The number of fused-ring (bicyclic) bond motifs is 3. The van der Waals surface area contributed by atoms with Crippen molar-refractivity contribution in [3.63, 3.8) is 0 Å². The van der Waals surface area contributed by atoms with Gasteiger partial charge in [-0.1, -0.05) is 41.4 Å². The molecule has 16 heavy (non-hydrogen) atoms. The topological polar surface area (TPSA) is 0 Å². The lowest BCUT2D eigenvalue weighted by Gasteiger charge is -2.05. The van der Waals surface area contributed by atoms with Crippen molar-refractivity contribution in [1.29, 1.82) is 0 Å². The summed E-state index contributed by atoms with van der Waals surface area (Å²) < 4.78 is 0. The Kier molecular flexibility index (Phi) is 2.27. The van der Waals surface area contributed by atoms with Gasteiger partial charge < -0.3 is 0 Å². The highest BCUT2D eigenvalue weighted by Crippen LogP contribution is 2.31. The van der Waals surface area contributed by atoms with Crippen molar-refractivity contribution >= 4 is 44.7 Å². The van der Waals surface area contributed by atoms with Gasteiger partial charge in [-0.2, -0.15) is 0 Å². The van der Waals surface area contributed by atoms with E-state index in [-0.39, 0.29) is 0 Å². The Morgan fingerprint density at radius 2 is 1.81 bits per heavy atom. The average molecular weight is 245 g/mol. The molecule has 2 radical (unpaired) electrons. The summed E-state index contributed by atoms with van der Waals surface area (Å²) in [5.74, 6) is 0. The smallest absolute Gasteiger partial charge is 0.0496 e. The molecule has 2 heteroatoms. The van der Waals surface area contributed by atoms with Gasteiger partial charge in [0.15, 0.2) is 0 Å². The van der Waals surface area contributed by atoms with Crippen LogP contribution in [0.3, 0.4) is 0 Å². The molecule has 0 bridgehead atoms. The molecule has 0 saturated carbocycles. The van der Waals surface area contributed by atoms with Gasteiger partial charge in [-0.25, -0.2) is 0 Å². The number of hydrogen-bond donors (Lipinski definition) is 0. The van der Waals surface area contributed by atoms with Crippen molar-refractivity contribution in [1.82, 2.24) is 0 Å². The number of halogens is 2. The molecule has 0 unspecified atom stereocenters. The summed E-state index contributed by atoms with van der Waals surface area (Å²) in [7, 11) is 0. The standard InChI is InChI=1S/C14H6Cl2/c15-11-6-7-12-10(8-11)5-4-9-2-1-3-13(16)14(9)12/h2-7H. The van der Waals surface area contributed by atoms with E-state index >= 15 is 0 Å². The number of rotatable bonds is 0. The summed E-state index contributed by atoms with van der Waals surface area (Å²) in [6.07, 6.45) is 0. The molecule has 0 aromatic heterocycles. The highest BCUT2D eigenvalue weighted by molar-refractivity contribution is 6.38. The van der Waals surface area contributed by atoms with Crippen LogP contribution in [-0.4, -0.2) is 0 Å². The molecular formula is C14H6Cl2. The van der Waals surface area contributed by atoms with Gasteiger partial charge >= 0.3 is 0 Å². The molecule has 3 aromatic carbocycles. The van der Waals surface area contributed by atoms with Crippen LogP contribution in [0.25, 0.3) is 21.5 Å². The maximum Gasteiger partial charge on any atom is 0.0496 e. The van der Waals surface area contributed by atoms with E-state index in [2.05, 4.69) is 12.1 Å². The fourth-order valence-electron chi connectivity index (χ4n) is 1.91. The van der Waals surface area contributed by atoms with Crippen LogP contribution < -0.4 is 0 Å². The maximum absolute atomic E-state index is 6.20. The zero-order chi connectivity index (χ0) is 11.1. The normalized spacial score (nSPS) is 11.1. The summed E-state index contributed by atoms with van der Waals surface area (Å²) in [5.41, 5.74) is 0. The van der Waals surface area contributed by atoms with Crippen LogP contribution in [0, 0.1) is 12.1 Å². The van der Waals surface area contributed by atoms with Gasteiger partial charge in [-0.15, -0.1) is 0 Å². The van der Waals surface area contributed by atoms with Crippen LogP contribution >= 0.6 is 23.2 Å². The molecule has 3 rings (SSSR count). The van der Waals surface area contributed by atoms with Gasteiger partial charge in [-0.05, 0) is 40.4 Å². The molecule has 0 N–H and O–H groups in total. The van der Waals surface area contributed by atoms with E-state index in [0.29, 0.717) is 10.0 Å². The maximum atomic E-state index is 6.20. The summed E-state index contributed by atoms with van der Waals surface area (Å²) in [4.78, 5) is 0. The third-order valence-electron chi connectivity index (χ3n) is 2.62. The van der Waals surface area contributed by atoms with Gasteiger partial charge in [0.05, 0.1) is 0 Å². The molecular weight excluding hydrogens is 239 g/mol. The first-order valence-electron chi connectivity index (χ1n) is 4.85. The van der Waals surface area contributed by atoms with Gasteiger partial charge in [0, 0.05) is 21.5 Å². The summed E-state index contributed by atoms with van der Waals surface area (Å²) >= 11 is 12.1. The van der Waals surface area contributed by atoms with E-state index in [1.165, 1.54) is 0 Å². The van der Waals surface area contributed by atoms with Crippen molar-refractivity contribution in [2.24, 2.45) is 0 Å². The van der Waals surface area contributed by atoms with Crippen LogP contribution in [0.4, 0.5) is 0 Å². The zero-order valence-electron chi connectivity index (χ0n) is 8.22. The lowest BCUT2D eigenvalue weighted by molar-refractivity contribution is 1.74. The van der Waals surface area contributed by atoms with Gasteiger partial charge in [0.2, 0.25) is 0 Å². The first-order chi connectivity index (χ1) is 7.75. The van der Waals surface area contributed by atoms with Crippen molar-refractivity contribution in [3.8, 4) is 0 Å². The Morgan fingerprint density at radius 1 is 0.938 bits per heavy atom. The minimum Gasteiger partial charge on any atom is -0.0836 e. The average Bonchev–Trinajstić information content (AvgIpc) is 2.29. The fraction of sp³-hybridized carbons (Fsp3) is 0. The highest BCUT2D eigenvalue weighted by atomic mass is 35.5. The minimum atomic E-state index is 0.616.